The van der Waals surface area contributed by atoms with Gasteiger partial charge in [-0.2, -0.15) is 0 Å². The Labute approximate surface area is 52.8 Å². The van der Waals surface area contributed by atoms with Crippen LogP contribution in [-0.4, -0.2) is 17.4 Å². The number of hydrogen-bond donors (Lipinski definition) is 0. The summed E-state index contributed by atoms with van der Waals surface area (Å²) in [6.45, 7) is 6.34. The second-order valence-electron chi connectivity index (χ2n) is 2.29. The summed E-state index contributed by atoms with van der Waals surface area (Å²) in [4.78, 5) is 0. The summed E-state index contributed by atoms with van der Waals surface area (Å²) in [5.41, 5.74) is 0. The molecule has 0 saturated heterocycles. The molecule has 0 aromatic heterocycles. The summed E-state index contributed by atoms with van der Waals surface area (Å²) in [6.07, 6.45) is 0. The van der Waals surface area contributed by atoms with Crippen LogP contribution >= 0.6 is 11.1 Å². The van der Waals surface area contributed by atoms with Crippen LogP contribution in [0.15, 0.2) is 0 Å². The molecule has 0 N–H and O–H groups in total. The molecule has 0 aromatic rings. The second-order valence-corrected chi connectivity index (χ2v) is 7.95. The maximum atomic E-state index is 5.33. The number of hydrogen-bond acceptors (Lipinski definition) is 1. The first kappa shape index (κ1) is 7.68. The van der Waals surface area contributed by atoms with Crippen LogP contribution in [0.2, 0.25) is 19.6 Å². The van der Waals surface area contributed by atoms with Gasteiger partial charge in [0, 0.05) is 0 Å². The topological polar surface area (TPSA) is 9.23 Å². The Morgan fingerprint density at radius 2 is 1.86 bits per heavy atom. The van der Waals surface area contributed by atoms with Crippen molar-refractivity contribution >= 4 is 28.5 Å². The molecule has 0 aliphatic heterocycles. The zero-order valence-corrected chi connectivity index (χ0v) is 7.54. The molecule has 0 heterocycles. The summed E-state index contributed by atoms with van der Waals surface area (Å²) >= 11 is 5.33. The van der Waals surface area contributed by atoms with Crippen molar-refractivity contribution in [2.75, 3.05) is 0 Å². The smallest absolute Gasteiger partial charge is 0.345 e. The van der Waals surface area contributed by atoms with E-state index in [2.05, 4.69) is 19.6 Å². The van der Waals surface area contributed by atoms with E-state index in [0.717, 1.165) is 0 Å². The monoisotopic (exact) mass is 152 g/mol. The lowest BCUT2D eigenvalue weighted by Gasteiger charge is -2.12. The molecule has 0 spiro atoms. The molecule has 0 saturated carbocycles. The summed E-state index contributed by atoms with van der Waals surface area (Å²) in [5, 5.41) is 0. The highest BCUT2D eigenvalue weighted by Gasteiger charge is 2.12. The quantitative estimate of drug-likeness (QED) is 0.432. The van der Waals surface area contributed by atoms with E-state index in [-0.39, 0.29) is 9.07 Å². The molecule has 2 radical (unpaired) electrons. The summed E-state index contributed by atoms with van der Waals surface area (Å²) in [5.74, 6) is 0. The van der Waals surface area contributed by atoms with Gasteiger partial charge in [0.05, 0.1) is 0 Å². The largest absolute Gasteiger partial charge is 0.445 e. The van der Waals surface area contributed by atoms with Crippen LogP contribution in [0.3, 0.4) is 0 Å². The molecular weight excluding hydrogens is 144 g/mol. The maximum Gasteiger partial charge on any atom is 0.345 e. The Balaban J connectivity index is 3.15. The van der Waals surface area contributed by atoms with E-state index in [1.165, 1.54) is 0 Å². The van der Waals surface area contributed by atoms with Gasteiger partial charge in [0.15, 0.2) is 8.32 Å². The van der Waals surface area contributed by atoms with Crippen LogP contribution < -0.4 is 0 Å². The van der Waals surface area contributed by atoms with Gasteiger partial charge in [-0.15, -0.1) is 11.1 Å². The van der Waals surface area contributed by atoms with Crippen molar-refractivity contribution in [3.8, 4) is 0 Å². The molecule has 0 atom stereocenters. The van der Waals surface area contributed by atoms with Gasteiger partial charge in [-0.25, -0.2) is 0 Å². The predicted octanol–water partition coefficient (Wildman–Crippen LogP) is 1.61. The highest BCUT2D eigenvalue weighted by atomic mass is 35.6. The molecule has 0 bridgehead atoms. The third-order valence-corrected chi connectivity index (χ3v) is 3.80. The molecule has 7 heavy (non-hydrogen) atoms. The molecule has 0 aliphatic carbocycles. The van der Waals surface area contributed by atoms with E-state index in [9.17, 15) is 0 Å². The normalized spacial score (nSPS) is 12.0. The van der Waals surface area contributed by atoms with Gasteiger partial charge in [-0.3, -0.25) is 0 Å². The molecule has 4 heteroatoms. The fourth-order valence-corrected chi connectivity index (χ4v) is 3.12. The Morgan fingerprint density at radius 1 is 1.43 bits per heavy atom. The zero-order chi connectivity index (χ0) is 5.91. The van der Waals surface area contributed by atoms with Gasteiger partial charge in [0.1, 0.15) is 0 Å². The lowest BCUT2D eigenvalue weighted by molar-refractivity contribution is 0.613. The Bertz CT molecular complexity index is 51.4. The van der Waals surface area contributed by atoms with Crippen LogP contribution in [0.25, 0.3) is 0 Å². The second kappa shape index (κ2) is 2.86. The van der Waals surface area contributed by atoms with Gasteiger partial charge in [-0.05, 0) is 19.6 Å². The van der Waals surface area contributed by atoms with Gasteiger partial charge >= 0.3 is 9.07 Å². The van der Waals surface area contributed by atoms with E-state index in [1.54, 1.807) is 0 Å². The summed E-state index contributed by atoms with van der Waals surface area (Å²) in [7, 11) is -1.13. The highest BCUT2D eigenvalue weighted by molar-refractivity contribution is 6.94. The fourth-order valence-electron chi connectivity index (χ4n) is 0.116. The van der Waals surface area contributed by atoms with Crippen LogP contribution in [0, 0.1) is 0 Å². The molecule has 0 aromatic carbocycles. The van der Waals surface area contributed by atoms with Crippen LogP contribution in [-0.2, 0) is 4.12 Å². The third kappa shape index (κ3) is 6.68. The molecule has 0 aliphatic rings. The van der Waals surface area contributed by atoms with Crippen molar-refractivity contribution in [2.24, 2.45) is 0 Å². The van der Waals surface area contributed by atoms with Crippen LogP contribution in [0.1, 0.15) is 0 Å². The Kier molecular flexibility index (Phi) is 3.14. The van der Waals surface area contributed by atoms with Crippen molar-refractivity contribution in [1.82, 2.24) is 0 Å². The van der Waals surface area contributed by atoms with Gasteiger partial charge in [-0.1, -0.05) is 0 Å². The molecular formula is C3H9ClOSi2. The predicted molar refractivity (Wildman–Crippen MR) is 36.0 cm³/mol. The van der Waals surface area contributed by atoms with Crippen molar-refractivity contribution in [2.45, 2.75) is 19.6 Å². The first-order valence-corrected chi connectivity index (χ1v) is 7.43. The Morgan fingerprint density at radius 3 is 1.86 bits per heavy atom. The SMILES string of the molecule is C[Si](C)(C)O[Si]Cl. The molecule has 0 unspecified atom stereocenters. The molecule has 0 amide bonds. The van der Waals surface area contributed by atoms with Crippen molar-refractivity contribution in [3.63, 3.8) is 0 Å². The van der Waals surface area contributed by atoms with Gasteiger partial charge in [0.25, 0.3) is 0 Å². The van der Waals surface area contributed by atoms with Gasteiger partial charge < -0.3 is 4.12 Å². The van der Waals surface area contributed by atoms with Crippen molar-refractivity contribution in [1.29, 1.82) is 0 Å². The van der Waals surface area contributed by atoms with E-state index in [0.29, 0.717) is 0 Å². The fraction of sp³-hybridized carbons (Fsp3) is 1.00. The minimum Gasteiger partial charge on any atom is -0.445 e. The maximum absolute atomic E-state index is 5.33. The lowest BCUT2D eigenvalue weighted by atomic mass is 11.8. The van der Waals surface area contributed by atoms with Crippen LogP contribution in [0.4, 0.5) is 0 Å². The first-order valence-electron chi connectivity index (χ1n) is 2.10. The zero-order valence-electron chi connectivity index (χ0n) is 4.79. The number of rotatable bonds is 2. The van der Waals surface area contributed by atoms with Crippen LogP contribution in [0.5, 0.6) is 0 Å². The van der Waals surface area contributed by atoms with Crippen molar-refractivity contribution < 1.29 is 4.12 Å². The first-order chi connectivity index (χ1) is 3.06. The highest BCUT2D eigenvalue weighted by Crippen LogP contribution is 2.00. The minimum absolute atomic E-state index is 0.143. The molecule has 0 fully saturated rings. The molecule has 0 rings (SSSR count). The minimum atomic E-state index is -1.28. The van der Waals surface area contributed by atoms with E-state index < -0.39 is 8.32 Å². The van der Waals surface area contributed by atoms with Crippen molar-refractivity contribution in [3.05, 3.63) is 0 Å². The summed E-state index contributed by atoms with van der Waals surface area (Å²) in [6, 6.07) is 0. The van der Waals surface area contributed by atoms with E-state index in [4.69, 9.17) is 15.2 Å². The number of halogens is 1. The standard InChI is InChI=1S/C3H9ClOSi2/c1-7(2,3)5-6-4/h1-3H3. The van der Waals surface area contributed by atoms with Gasteiger partial charge in [0.2, 0.25) is 0 Å². The third-order valence-electron chi connectivity index (χ3n) is 0.345. The average Bonchev–Trinajstić information content (AvgIpc) is 1.30. The summed E-state index contributed by atoms with van der Waals surface area (Å²) < 4.78 is 5.16. The lowest BCUT2D eigenvalue weighted by Crippen LogP contribution is -2.25. The molecule has 1 nitrogen and oxygen atoms in total. The van der Waals surface area contributed by atoms with E-state index in [1.807, 2.05) is 0 Å². The Hall–Kier alpha value is 0.684. The van der Waals surface area contributed by atoms with E-state index >= 15 is 0 Å². The molecule has 42 valence electrons. The average molecular weight is 153 g/mol.